The number of oxazole rings is 1. The monoisotopic (exact) mass is 93.1 g/mol. The van der Waals surface area contributed by atoms with E-state index in [9.17, 15) is 0 Å². The van der Waals surface area contributed by atoms with Crippen LogP contribution >= 0.6 is 0 Å². The predicted octanol–water partition coefficient (Wildman–Crippen LogP) is -1.72. The van der Waals surface area contributed by atoms with Gasteiger partial charge in [-0.1, -0.05) is 0 Å². The van der Waals surface area contributed by atoms with E-state index in [0.717, 1.165) is 13.0 Å². The molecule has 0 aromatic carbocycles. The van der Waals surface area contributed by atoms with Gasteiger partial charge in [-0.2, -0.15) is 0 Å². The van der Waals surface area contributed by atoms with Gasteiger partial charge >= 0.3 is 0 Å². The van der Waals surface area contributed by atoms with Gasteiger partial charge in [-0.15, -0.1) is 0 Å². The quantitative estimate of drug-likeness (QED) is 0.386. The van der Waals surface area contributed by atoms with Gasteiger partial charge in [0.15, 0.2) is 7.17 Å². The summed E-state index contributed by atoms with van der Waals surface area (Å²) in [4.78, 5) is 3.87. The molecule has 0 aliphatic rings. The largest absolute Gasteiger partial charge is 0.460 e. The van der Waals surface area contributed by atoms with Crippen molar-refractivity contribution in [2.75, 3.05) is 0 Å². The minimum atomic E-state index is 0.806. The van der Waals surface area contributed by atoms with Crippen molar-refractivity contribution in [2.24, 2.45) is 0 Å². The molecule has 2 nitrogen and oxygen atoms in total. The SMILES string of the molecule is BBc1ncco1. The number of nitrogens with zero attached hydrogens (tertiary/aromatic N) is 1. The molecule has 34 valence electrons. The van der Waals surface area contributed by atoms with Crippen LogP contribution in [-0.4, -0.2) is 19.9 Å². The summed E-state index contributed by atoms with van der Waals surface area (Å²) in [5.41, 5.74) is 0. The summed E-state index contributed by atoms with van der Waals surface area (Å²) in [7, 11) is 2.89. The highest BCUT2D eigenvalue weighted by molar-refractivity contribution is 6.96. The zero-order chi connectivity index (χ0) is 5.11. The van der Waals surface area contributed by atoms with Crippen molar-refractivity contribution in [3.05, 3.63) is 12.5 Å². The Morgan fingerprint density at radius 3 is 3.00 bits per heavy atom. The summed E-state index contributed by atoms with van der Waals surface area (Å²) in [6.45, 7) is 0. The molecule has 7 heavy (non-hydrogen) atoms. The van der Waals surface area contributed by atoms with Crippen molar-refractivity contribution < 1.29 is 4.42 Å². The lowest BCUT2D eigenvalue weighted by molar-refractivity contribution is 0.595. The minimum absolute atomic E-state index is 0.806. The fraction of sp³-hybridized carbons (Fsp3) is 0. The highest BCUT2D eigenvalue weighted by Crippen LogP contribution is 1.70. The fourth-order valence-electron chi connectivity index (χ4n) is 0.428. The van der Waals surface area contributed by atoms with E-state index in [-0.39, 0.29) is 0 Å². The summed E-state index contributed by atoms with van der Waals surface area (Å²) in [5.74, 6) is 0.806. The van der Waals surface area contributed by atoms with E-state index < -0.39 is 0 Å². The molecule has 0 aliphatic heterocycles. The molecule has 1 aromatic rings. The first kappa shape index (κ1) is 4.50. The zero-order valence-corrected chi connectivity index (χ0v) is 4.22. The molecule has 0 fully saturated rings. The molecule has 0 spiro atoms. The second-order valence-corrected chi connectivity index (χ2v) is 1.28. The third kappa shape index (κ3) is 0.856. The van der Waals surface area contributed by atoms with Crippen molar-refractivity contribution in [3.8, 4) is 0 Å². The highest BCUT2D eigenvalue weighted by atomic mass is 16.3. The Morgan fingerprint density at radius 1 is 1.86 bits per heavy atom. The Bertz CT molecular complexity index is 127. The van der Waals surface area contributed by atoms with Crippen LogP contribution in [0.4, 0.5) is 0 Å². The first-order valence-corrected chi connectivity index (χ1v) is 2.32. The van der Waals surface area contributed by atoms with E-state index in [0.29, 0.717) is 0 Å². The van der Waals surface area contributed by atoms with Gasteiger partial charge in [0.1, 0.15) is 12.1 Å². The van der Waals surface area contributed by atoms with Gasteiger partial charge < -0.3 is 4.42 Å². The first-order valence-electron chi connectivity index (χ1n) is 2.32. The third-order valence-electron chi connectivity index (χ3n) is 0.786. The Labute approximate surface area is 43.6 Å². The van der Waals surface area contributed by atoms with Gasteiger partial charge in [-0.25, -0.2) is 4.98 Å². The van der Waals surface area contributed by atoms with E-state index in [4.69, 9.17) is 4.42 Å². The van der Waals surface area contributed by atoms with E-state index in [2.05, 4.69) is 4.98 Å². The van der Waals surface area contributed by atoms with Crippen LogP contribution < -0.4 is 5.79 Å². The first-order chi connectivity index (χ1) is 3.43. The lowest BCUT2D eigenvalue weighted by Crippen LogP contribution is -2.13. The molecule has 1 rings (SSSR count). The Morgan fingerprint density at radius 2 is 2.71 bits per heavy atom. The Hall–Kier alpha value is -0.660. The van der Waals surface area contributed by atoms with Crippen LogP contribution in [0.1, 0.15) is 0 Å². The molecule has 0 radical (unpaired) electrons. The maximum absolute atomic E-state index is 4.87. The Balaban J connectivity index is 2.76. The van der Waals surface area contributed by atoms with Crippen LogP contribution in [-0.2, 0) is 0 Å². The molecule has 0 saturated carbocycles. The number of hydrogen-bond donors (Lipinski definition) is 0. The van der Waals surface area contributed by atoms with Crippen molar-refractivity contribution in [1.29, 1.82) is 0 Å². The smallest absolute Gasteiger partial charge is 0.190 e. The third-order valence-corrected chi connectivity index (χ3v) is 0.786. The standard InChI is InChI=1S/C3H5B2NO/c4-5-3-6-1-2-7-3/h1-2,5H,4H2. The predicted molar refractivity (Wildman–Crippen MR) is 31.8 cm³/mol. The van der Waals surface area contributed by atoms with Crippen molar-refractivity contribution in [3.63, 3.8) is 0 Å². The molecule has 0 saturated heterocycles. The van der Waals surface area contributed by atoms with Crippen molar-refractivity contribution in [2.45, 2.75) is 0 Å². The summed E-state index contributed by atoms with van der Waals surface area (Å²) >= 11 is 0. The topological polar surface area (TPSA) is 26.0 Å². The maximum Gasteiger partial charge on any atom is 0.190 e. The lowest BCUT2D eigenvalue weighted by atomic mass is 9.56. The number of hydrogen-bond acceptors (Lipinski definition) is 2. The fourth-order valence-corrected chi connectivity index (χ4v) is 0.428. The van der Waals surface area contributed by atoms with E-state index in [1.54, 1.807) is 12.5 Å². The summed E-state index contributed by atoms with van der Waals surface area (Å²) in [6.07, 6.45) is 3.23. The molecular formula is C3H5B2NO. The van der Waals surface area contributed by atoms with Crippen LogP contribution in [0.3, 0.4) is 0 Å². The van der Waals surface area contributed by atoms with Gasteiger partial charge in [-0.05, 0) is 0 Å². The van der Waals surface area contributed by atoms with Gasteiger partial charge in [0.25, 0.3) is 0 Å². The maximum atomic E-state index is 4.87. The van der Waals surface area contributed by atoms with Crippen molar-refractivity contribution >= 4 is 20.7 Å². The highest BCUT2D eigenvalue weighted by Gasteiger charge is 1.88. The van der Waals surface area contributed by atoms with Crippen LogP contribution in [0, 0.1) is 0 Å². The number of rotatable bonds is 1. The summed E-state index contributed by atoms with van der Waals surface area (Å²) < 4.78 is 4.87. The molecule has 0 unspecified atom stereocenters. The molecule has 0 amide bonds. The molecule has 0 aliphatic carbocycles. The van der Waals surface area contributed by atoms with E-state index in [1.165, 1.54) is 0 Å². The second-order valence-electron chi connectivity index (χ2n) is 1.28. The van der Waals surface area contributed by atoms with Crippen LogP contribution in [0.2, 0.25) is 0 Å². The minimum Gasteiger partial charge on any atom is -0.460 e. The normalized spacial score (nSPS) is 8.57. The zero-order valence-electron chi connectivity index (χ0n) is 4.22. The van der Waals surface area contributed by atoms with Crippen LogP contribution in [0.15, 0.2) is 16.9 Å². The van der Waals surface area contributed by atoms with Gasteiger partial charge in [0, 0.05) is 0 Å². The van der Waals surface area contributed by atoms with E-state index >= 15 is 0 Å². The average Bonchev–Trinajstić information content (AvgIpc) is 2.14. The molecule has 0 bridgehead atoms. The molecule has 1 heterocycles. The summed E-state index contributed by atoms with van der Waals surface area (Å²) in [6, 6.07) is 0. The summed E-state index contributed by atoms with van der Waals surface area (Å²) in [5, 5.41) is 0. The molecule has 1 aromatic heterocycles. The van der Waals surface area contributed by atoms with Crippen LogP contribution in [0.25, 0.3) is 0 Å². The molecule has 4 heteroatoms. The Kier molecular flexibility index (Phi) is 1.20. The second kappa shape index (κ2) is 1.87. The number of aromatic nitrogens is 1. The average molecular weight is 92.7 g/mol. The molecular weight excluding hydrogens is 87.7 g/mol. The lowest BCUT2D eigenvalue weighted by Gasteiger charge is -1.75. The van der Waals surface area contributed by atoms with Crippen LogP contribution in [0.5, 0.6) is 0 Å². The van der Waals surface area contributed by atoms with Gasteiger partial charge in [0.2, 0.25) is 0 Å². The molecule has 0 atom stereocenters. The molecule has 0 N–H and O–H groups in total. The van der Waals surface area contributed by atoms with Gasteiger partial charge in [-0.3, -0.25) is 0 Å². The van der Waals surface area contributed by atoms with Crippen molar-refractivity contribution in [1.82, 2.24) is 4.98 Å². The van der Waals surface area contributed by atoms with E-state index in [1.807, 2.05) is 7.74 Å². The van der Waals surface area contributed by atoms with Gasteiger partial charge in [0.05, 0.1) is 13.9 Å².